The number of hydrogen-bond donors (Lipinski definition) is 9. The highest BCUT2D eigenvalue weighted by atomic mass is 16.8. The van der Waals surface area contributed by atoms with Crippen LogP contribution in [0.25, 0.3) is 0 Å². The van der Waals surface area contributed by atoms with Crippen molar-refractivity contribution in [3.8, 4) is 0 Å². The molecule has 13 heteroatoms. The van der Waals surface area contributed by atoms with Gasteiger partial charge in [0.25, 0.3) is 0 Å². The van der Waals surface area contributed by atoms with Crippen LogP contribution in [0.1, 0.15) is 77.6 Å². The molecule has 0 radical (unpaired) electrons. The van der Waals surface area contributed by atoms with Crippen molar-refractivity contribution < 1.29 is 65.0 Å². The van der Waals surface area contributed by atoms with Crippen LogP contribution < -0.4 is 0 Å². The first-order valence-corrected chi connectivity index (χ1v) is 14.1. The van der Waals surface area contributed by atoms with Crippen LogP contribution in [0.4, 0.5) is 0 Å². The van der Waals surface area contributed by atoms with E-state index in [1.807, 2.05) is 0 Å². The number of aliphatic hydroxyl groups is 8. The Kier molecular flexibility index (Phi) is 13.9. The van der Waals surface area contributed by atoms with Gasteiger partial charge in [-0.2, -0.15) is 0 Å². The molecule has 2 aliphatic rings. The smallest absolute Gasteiger partial charge is 0.312 e. The van der Waals surface area contributed by atoms with Gasteiger partial charge in [0.1, 0.15) is 55.3 Å². The summed E-state index contributed by atoms with van der Waals surface area (Å²) in [5.41, 5.74) is 0. The van der Waals surface area contributed by atoms with Gasteiger partial charge < -0.3 is 60.2 Å². The molecule has 0 saturated carbocycles. The molecule has 13 nitrogen and oxygen atoms in total. The third kappa shape index (κ3) is 7.86. The number of carboxylic acids is 1. The fourth-order valence-corrected chi connectivity index (χ4v) is 5.46. The average Bonchev–Trinajstić information content (AvgIpc) is 3.16. The molecular weight excluding hydrogens is 520 g/mol. The minimum Gasteiger partial charge on any atom is -0.481 e. The number of carboxylic acid groups (broad SMARTS) is 1. The van der Waals surface area contributed by atoms with E-state index in [9.17, 15) is 50.8 Å². The molecular formula is C26H48O13. The largest absolute Gasteiger partial charge is 0.481 e. The predicted octanol–water partition coefficient (Wildman–Crippen LogP) is -1.01. The molecule has 2 fully saturated rings. The van der Waals surface area contributed by atoms with Crippen molar-refractivity contribution in [2.75, 3.05) is 19.8 Å². The molecule has 2 unspecified atom stereocenters. The maximum Gasteiger partial charge on any atom is 0.312 e. The molecule has 39 heavy (non-hydrogen) atoms. The third-order valence-corrected chi connectivity index (χ3v) is 7.85. The highest BCUT2D eigenvalue weighted by Crippen LogP contribution is 2.45. The summed E-state index contributed by atoms with van der Waals surface area (Å²) in [6, 6.07) is 0. The van der Waals surface area contributed by atoms with E-state index in [2.05, 4.69) is 6.92 Å². The van der Waals surface area contributed by atoms with Crippen LogP contribution in [0.5, 0.6) is 0 Å². The highest BCUT2D eigenvalue weighted by Gasteiger charge is 2.66. The third-order valence-electron chi connectivity index (χ3n) is 7.85. The zero-order valence-electron chi connectivity index (χ0n) is 22.7. The van der Waals surface area contributed by atoms with Gasteiger partial charge in [-0.3, -0.25) is 4.79 Å². The average molecular weight is 569 g/mol. The Morgan fingerprint density at radius 3 is 1.72 bits per heavy atom. The Morgan fingerprint density at radius 2 is 1.26 bits per heavy atom. The van der Waals surface area contributed by atoms with Gasteiger partial charge in [0.2, 0.25) is 11.6 Å². The molecule has 230 valence electrons. The zero-order valence-corrected chi connectivity index (χ0v) is 22.7. The molecule has 0 spiro atoms. The molecule has 0 aromatic carbocycles. The lowest BCUT2D eigenvalue weighted by Gasteiger charge is -2.53. The highest BCUT2D eigenvalue weighted by molar-refractivity contribution is 5.71. The molecule has 0 amide bonds. The quantitative estimate of drug-likeness (QED) is 0.0904. The molecule has 9 N–H and O–H groups in total. The van der Waals surface area contributed by atoms with E-state index in [0.717, 1.165) is 25.7 Å². The lowest BCUT2D eigenvalue weighted by atomic mass is 9.81. The van der Waals surface area contributed by atoms with Gasteiger partial charge in [-0.1, -0.05) is 71.1 Å². The van der Waals surface area contributed by atoms with Crippen LogP contribution >= 0.6 is 0 Å². The Bertz CT molecular complexity index is 724. The second-order valence-corrected chi connectivity index (χ2v) is 10.7. The van der Waals surface area contributed by atoms with Crippen molar-refractivity contribution >= 4 is 5.97 Å². The van der Waals surface area contributed by atoms with Gasteiger partial charge in [-0.15, -0.1) is 0 Å². The van der Waals surface area contributed by atoms with Crippen molar-refractivity contribution in [2.24, 2.45) is 5.92 Å². The Labute approximate surface area is 229 Å². The minimum atomic E-state index is -2.73. The van der Waals surface area contributed by atoms with Crippen LogP contribution in [0.2, 0.25) is 0 Å². The first kappa shape index (κ1) is 34.2. The summed E-state index contributed by atoms with van der Waals surface area (Å²) in [4.78, 5) is 12.5. The Balaban J connectivity index is 2.25. The summed E-state index contributed by atoms with van der Waals surface area (Å²) in [5, 5.41) is 92.4. The van der Waals surface area contributed by atoms with E-state index in [4.69, 9.17) is 14.2 Å². The molecule has 0 aromatic heterocycles. The molecule has 0 aliphatic carbocycles. The van der Waals surface area contributed by atoms with E-state index in [1.54, 1.807) is 0 Å². The predicted molar refractivity (Wildman–Crippen MR) is 135 cm³/mol. The molecule has 10 atom stereocenters. The normalized spacial score (nSPS) is 37.7. The van der Waals surface area contributed by atoms with Gasteiger partial charge in [0.05, 0.1) is 13.2 Å². The number of aliphatic carboxylic acids is 1. The van der Waals surface area contributed by atoms with Crippen LogP contribution in [-0.4, -0.2) is 126 Å². The lowest BCUT2D eigenvalue weighted by molar-refractivity contribution is -0.445. The lowest BCUT2D eigenvalue weighted by Crippen LogP contribution is -2.72. The van der Waals surface area contributed by atoms with Gasteiger partial charge in [0.15, 0.2) is 0 Å². The molecule has 0 aromatic rings. The van der Waals surface area contributed by atoms with Crippen molar-refractivity contribution in [3.63, 3.8) is 0 Å². The van der Waals surface area contributed by atoms with Gasteiger partial charge in [-0.05, 0) is 6.42 Å². The van der Waals surface area contributed by atoms with Crippen LogP contribution in [0.3, 0.4) is 0 Å². The van der Waals surface area contributed by atoms with Gasteiger partial charge in [-0.25, -0.2) is 0 Å². The monoisotopic (exact) mass is 568 g/mol. The molecule has 2 aliphatic heterocycles. The van der Waals surface area contributed by atoms with E-state index >= 15 is 0 Å². The second-order valence-electron chi connectivity index (χ2n) is 10.7. The van der Waals surface area contributed by atoms with E-state index in [0.29, 0.717) is 12.8 Å². The fourth-order valence-electron chi connectivity index (χ4n) is 5.46. The van der Waals surface area contributed by atoms with Gasteiger partial charge >= 0.3 is 5.97 Å². The van der Waals surface area contributed by atoms with Crippen LogP contribution in [0, 0.1) is 5.92 Å². The Hall–Kier alpha value is -0.970. The zero-order chi connectivity index (χ0) is 29.2. The van der Waals surface area contributed by atoms with E-state index in [1.165, 1.54) is 25.7 Å². The SMILES string of the molecule is CCCCCCCCCCCCC(C(=O)O)[C@@]1(OC2(CO)O[C@H](CO)[C@@H](O)[C@@H]2O)O[C@H](CO)[C@@H](O)[C@H](O)[C@H]1O. The summed E-state index contributed by atoms with van der Waals surface area (Å²) in [6.45, 7) is -0.683. The van der Waals surface area contributed by atoms with Crippen LogP contribution in [-0.2, 0) is 19.0 Å². The maximum absolute atomic E-state index is 12.5. The van der Waals surface area contributed by atoms with Crippen molar-refractivity contribution in [1.29, 1.82) is 0 Å². The Morgan fingerprint density at radius 1 is 0.744 bits per heavy atom. The molecule has 2 rings (SSSR count). The summed E-state index contributed by atoms with van der Waals surface area (Å²) >= 11 is 0. The van der Waals surface area contributed by atoms with Crippen molar-refractivity contribution in [3.05, 3.63) is 0 Å². The fraction of sp³-hybridized carbons (Fsp3) is 0.962. The van der Waals surface area contributed by atoms with Crippen molar-refractivity contribution in [2.45, 2.75) is 132 Å². The molecule has 2 heterocycles. The van der Waals surface area contributed by atoms with Crippen molar-refractivity contribution in [1.82, 2.24) is 0 Å². The minimum absolute atomic E-state index is 0.132. The summed E-state index contributed by atoms with van der Waals surface area (Å²) in [7, 11) is 0. The van der Waals surface area contributed by atoms with Crippen LogP contribution in [0.15, 0.2) is 0 Å². The van der Waals surface area contributed by atoms with E-state index < -0.39 is 86.0 Å². The standard InChI is InChI=1S/C26H48O13/c1-2-3-4-5-6-7-8-9-10-11-12-16(24(35)36)26(23(34)21(32)19(30)17(13-27)38-26)39-25(15-29)22(33)20(31)18(14-28)37-25/h16-23,27-34H,2-15H2,1H3,(H,35,36)/t16?,17-,18-,19-,20-,21+,22+,23-,25?,26+/m1/s1. The second kappa shape index (κ2) is 15.9. The molecule has 0 bridgehead atoms. The number of rotatable bonds is 18. The summed E-state index contributed by atoms with van der Waals surface area (Å²) < 4.78 is 16.9. The van der Waals surface area contributed by atoms with Gasteiger partial charge in [0, 0.05) is 0 Å². The number of carbonyl (C=O) groups is 1. The maximum atomic E-state index is 12.5. The topological polar surface area (TPSA) is 227 Å². The number of unbranched alkanes of at least 4 members (excludes halogenated alkanes) is 9. The van der Waals surface area contributed by atoms with E-state index in [-0.39, 0.29) is 6.42 Å². The first-order chi connectivity index (χ1) is 18.5. The number of hydrogen-bond acceptors (Lipinski definition) is 12. The number of ether oxygens (including phenoxy) is 3. The number of aliphatic hydroxyl groups excluding tert-OH is 8. The first-order valence-electron chi connectivity index (χ1n) is 14.1. The summed E-state index contributed by atoms with van der Waals surface area (Å²) in [6.07, 6.45) is -3.25. The molecule has 2 saturated heterocycles. The summed E-state index contributed by atoms with van der Waals surface area (Å²) in [5.74, 6) is -8.53.